The van der Waals surface area contributed by atoms with Crippen molar-refractivity contribution in [1.82, 2.24) is 14.7 Å². The van der Waals surface area contributed by atoms with E-state index in [1.165, 1.54) is 21.9 Å². The Bertz CT molecular complexity index is 971. The van der Waals surface area contributed by atoms with E-state index in [1.807, 2.05) is 29.6 Å². The van der Waals surface area contributed by atoms with Gasteiger partial charge in [-0.2, -0.15) is 0 Å². The van der Waals surface area contributed by atoms with E-state index >= 15 is 0 Å². The number of amides is 1. The third-order valence-electron chi connectivity index (χ3n) is 3.99. The second-order valence-corrected chi connectivity index (χ2v) is 6.53. The second-order valence-electron chi connectivity index (χ2n) is 5.69. The molecule has 0 unspecified atom stereocenters. The molecule has 1 fully saturated rings. The van der Waals surface area contributed by atoms with E-state index in [4.69, 9.17) is 4.74 Å². The number of benzene rings is 1. The highest BCUT2D eigenvalue weighted by Gasteiger charge is 2.26. The van der Waals surface area contributed by atoms with E-state index in [0.29, 0.717) is 4.96 Å². The van der Waals surface area contributed by atoms with Crippen molar-refractivity contribution in [3.63, 3.8) is 0 Å². The van der Waals surface area contributed by atoms with Gasteiger partial charge in [0.2, 0.25) is 0 Å². The van der Waals surface area contributed by atoms with Crippen molar-refractivity contribution in [2.45, 2.75) is 18.9 Å². The Hall–Kier alpha value is -2.67. The van der Waals surface area contributed by atoms with Crippen LogP contribution < -0.4 is 15.6 Å². The molecule has 0 atom stereocenters. The zero-order valence-electron chi connectivity index (χ0n) is 13.0. The fraction of sp³-hybridized carbons (Fsp3) is 0.235. The molecule has 1 amide bonds. The quantitative estimate of drug-likeness (QED) is 0.790. The number of nitrogens with zero attached hydrogens (tertiary/aromatic N) is 2. The fourth-order valence-corrected chi connectivity index (χ4v) is 3.36. The Kier molecular flexibility index (Phi) is 3.57. The number of hydrogen-bond acceptors (Lipinski definition) is 5. The van der Waals surface area contributed by atoms with Gasteiger partial charge >= 0.3 is 0 Å². The molecule has 1 aromatic carbocycles. The molecule has 0 saturated heterocycles. The van der Waals surface area contributed by atoms with E-state index in [9.17, 15) is 9.59 Å². The monoisotopic (exact) mass is 341 g/mol. The lowest BCUT2D eigenvalue weighted by Gasteiger charge is -2.06. The van der Waals surface area contributed by atoms with Crippen molar-refractivity contribution in [2.24, 2.45) is 0 Å². The molecule has 0 aliphatic heterocycles. The predicted octanol–water partition coefficient (Wildman–Crippen LogP) is 2.32. The first kappa shape index (κ1) is 14.9. The molecule has 2 aromatic heterocycles. The Labute approximate surface area is 141 Å². The highest BCUT2D eigenvalue weighted by Crippen LogP contribution is 2.26. The molecular weight excluding hydrogens is 326 g/mol. The standard InChI is InChI=1S/C17H15N3O3S/c1-23-12-6-2-10(3-7-12)14-9-24-17-18-8-13(16(22)20(14)17)15(21)19-11-4-5-11/h2-3,6-9,11H,4-5H2,1H3,(H,19,21). The number of carbonyl (C=O) groups is 1. The molecule has 1 N–H and O–H groups in total. The number of thiazole rings is 1. The van der Waals surface area contributed by atoms with Gasteiger partial charge in [0.25, 0.3) is 11.5 Å². The molecule has 6 nitrogen and oxygen atoms in total. The van der Waals surface area contributed by atoms with Gasteiger partial charge < -0.3 is 10.1 Å². The SMILES string of the molecule is COc1ccc(-c2csc3ncc(C(=O)NC4CC4)c(=O)n23)cc1. The maximum absolute atomic E-state index is 12.8. The number of aromatic nitrogens is 2. The molecule has 1 saturated carbocycles. The van der Waals surface area contributed by atoms with Gasteiger partial charge in [-0.25, -0.2) is 4.98 Å². The number of methoxy groups -OCH3 is 1. The summed E-state index contributed by atoms with van der Waals surface area (Å²) >= 11 is 1.37. The molecule has 4 rings (SSSR count). The maximum atomic E-state index is 12.8. The van der Waals surface area contributed by atoms with Crippen LogP contribution in [-0.4, -0.2) is 28.4 Å². The number of hydrogen-bond donors (Lipinski definition) is 1. The molecule has 1 aliphatic carbocycles. The van der Waals surface area contributed by atoms with Crippen molar-refractivity contribution in [3.8, 4) is 17.0 Å². The van der Waals surface area contributed by atoms with Crippen LogP contribution in [0.5, 0.6) is 5.75 Å². The Morgan fingerprint density at radius 2 is 2.08 bits per heavy atom. The van der Waals surface area contributed by atoms with Gasteiger partial charge in [0.05, 0.1) is 12.8 Å². The maximum Gasteiger partial charge on any atom is 0.271 e. The van der Waals surface area contributed by atoms with E-state index in [-0.39, 0.29) is 23.1 Å². The number of rotatable bonds is 4. The highest BCUT2D eigenvalue weighted by molar-refractivity contribution is 7.15. The van der Waals surface area contributed by atoms with Crippen LogP contribution in [0.3, 0.4) is 0 Å². The van der Waals surface area contributed by atoms with Crippen molar-refractivity contribution in [2.75, 3.05) is 7.11 Å². The minimum Gasteiger partial charge on any atom is -0.497 e. The van der Waals surface area contributed by atoms with Gasteiger partial charge in [0.15, 0.2) is 4.96 Å². The minimum atomic E-state index is -0.351. The van der Waals surface area contributed by atoms with Crippen LogP contribution in [0.2, 0.25) is 0 Å². The summed E-state index contributed by atoms with van der Waals surface area (Å²) in [6, 6.07) is 7.62. The summed E-state index contributed by atoms with van der Waals surface area (Å²) < 4.78 is 6.65. The van der Waals surface area contributed by atoms with Crippen molar-refractivity contribution < 1.29 is 9.53 Å². The molecule has 122 valence electrons. The average Bonchev–Trinajstić information content (AvgIpc) is 3.30. The number of ether oxygens (including phenoxy) is 1. The van der Waals surface area contributed by atoms with Crippen LogP contribution in [0.4, 0.5) is 0 Å². The van der Waals surface area contributed by atoms with Gasteiger partial charge in [-0.1, -0.05) is 0 Å². The lowest BCUT2D eigenvalue weighted by Crippen LogP contribution is -2.32. The molecule has 0 spiro atoms. The van der Waals surface area contributed by atoms with Gasteiger partial charge in [0, 0.05) is 17.6 Å². The first-order valence-electron chi connectivity index (χ1n) is 7.62. The summed E-state index contributed by atoms with van der Waals surface area (Å²) in [6.07, 6.45) is 3.31. The molecule has 2 heterocycles. The first-order chi connectivity index (χ1) is 11.7. The third kappa shape index (κ3) is 2.56. The Morgan fingerprint density at radius 1 is 1.33 bits per heavy atom. The number of nitrogens with one attached hydrogen (secondary N) is 1. The fourth-order valence-electron chi connectivity index (χ4n) is 2.50. The normalized spacial score (nSPS) is 13.9. The predicted molar refractivity (Wildman–Crippen MR) is 91.8 cm³/mol. The number of fused-ring (bicyclic) bond motifs is 1. The summed E-state index contributed by atoms with van der Waals surface area (Å²) in [5.41, 5.74) is 1.32. The zero-order chi connectivity index (χ0) is 16.7. The third-order valence-corrected chi connectivity index (χ3v) is 4.83. The smallest absolute Gasteiger partial charge is 0.271 e. The van der Waals surface area contributed by atoms with E-state index in [1.54, 1.807) is 7.11 Å². The molecule has 0 bridgehead atoms. The summed E-state index contributed by atoms with van der Waals surface area (Å²) in [5.74, 6) is 0.393. The highest BCUT2D eigenvalue weighted by atomic mass is 32.1. The van der Waals surface area contributed by atoms with Crippen LogP contribution in [0.1, 0.15) is 23.2 Å². The van der Waals surface area contributed by atoms with Crippen molar-refractivity contribution in [3.05, 3.63) is 51.8 Å². The minimum absolute atomic E-state index is 0.0764. The molecule has 3 aromatic rings. The summed E-state index contributed by atoms with van der Waals surface area (Å²) in [7, 11) is 1.61. The number of carbonyl (C=O) groups excluding carboxylic acids is 1. The van der Waals surface area contributed by atoms with Crippen LogP contribution >= 0.6 is 11.3 Å². The van der Waals surface area contributed by atoms with E-state index in [0.717, 1.165) is 29.8 Å². The Balaban J connectivity index is 1.81. The van der Waals surface area contributed by atoms with Crippen LogP contribution in [0.15, 0.2) is 40.6 Å². The van der Waals surface area contributed by atoms with Crippen LogP contribution in [0.25, 0.3) is 16.2 Å². The topological polar surface area (TPSA) is 72.7 Å². The lowest BCUT2D eigenvalue weighted by atomic mass is 10.1. The van der Waals surface area contributed by atoms with Gasteiger partial charge in [0.1, 0.15) is 11.3 Å². The van der Waals surface area contributed by atoms with Crippen molar-refractivity contribution >= 4 is 22.2 Å². The van der Waals surface area contributed by atoms with Gasteiger partial charge in [-0.05, 0) is 42.7 Å². The molecule has 24 heavy (non-hydrogen) atoms. The van der Waals surface area contributed by atoms with Crippen LogP contribution in [0, 0.1) is 0 Å². The lowest BCUT2D eigenvalue weighted by molar-refractivity contribution is 0.0949. The molecule has 1 aliphatic rings. The van der Waals surface area contributed by atoms with E-state index in [2.05, 4.69) is 10.3 Å². The summed E-state index contributed by atoms with van der Waals surface area (Å²) in [5, 5.41) is 4.71. The second kappa shape index (κ2) is 5.76. The van der Waals surface area contributed by atoms with Crippen molar-refractivity contribution in [1.29, 1.82) is 0 Å². The Morgan fingerprint density at radius 3 is 2.75 bits per heavy atom. The average molecular weight is 341 g/mol. The summed E-state index contributed by atoms with van der Waals surface area (Å²) in [6.45, 7) is 0. The van der Waals surface area contributed by atoms with Gasteiger partial charge in [-0.3, -0.25) is 14.0 Å². The molecular formula is C17H15N3O3S. The molecule has 7 heteroatoms. The molecule has 0 radical (unpaired) electrons. The van der Waals surface area contributed by atoms with E-state index < -0.39 is 0 Å². The van der Waals surface area contributed by atoms with Gasteiger partial charge in [-0.15, -0.1) is 11.3 Å². The summed E-state index contributed by atoms with van der Waals surface area (Å²) in [4.78, 5) is 29.9. The zero-order valence-corrected chi connectivity index (χ0v) is 13.8. The largest absolute Gasteiger partial charge is 0.497 e. The first-order valence-corrected chi connectivity index (χ1v) is 8.50. The van der Waals surface area contributed by atoms with Crippen LogP contribution in [-0.2, 0) is 0 Å².